The Morgan fingerprint density at radius 3 is 2.57 bits per heavy atom. The highest BCUT2D eigenvalue weighted by Gasteiger charge is 2.33. The van der Waals surface area contributed by atoms with Gasteiger partial charge in [0, 0.05) is 14.9 Å². The van der Waals surface area contributed by atoms with Crippen molar-refractivity contribution in [1.29, 1.82) is 0 Å². The van der Waals surface area contributed by atoms with Crippen LogP contribution in [0.4, 0.5) is 0 Å². The summed E-state index contributed by atoms with van der Waals surface area (Å²) in [7, 11) is 1.59. The number of allylic oxidation sites excluding steroid dienone is 1. The molecule has 0 amide bonds. The molecule has 0 N–H and O–H groups in total. The molecule has 0 saturated carbocycles. The van der Waals surface area contributed by atoms with Crippen LogP contribution < -0.4 is 19.6 Å². The number of carbonyl (C=O) groups excluding carboxylic acids is 1. The third kappa shape index (κ3) is 5.17. The van der Waals surface area contributed by atoms with Crippen molar-refractivity contribution in [2.75, 3.05) is 13.4 Å². The van der Waals surface area contributed by atoms with E-state index in [-0.39, 0.29) is 11.7 Å². The van der Waals surface area contributed by atoms with Crippen molar-refractivity contribution in [3.05, 3.63) is 89.0 Å². The van der Waals surface area contributed by atoms with Crippen molar-refractivity contribution in [1.82, 2.24) is 4.57 Å². The van der Waals surface area contributed by atoms with Crippen LogP contribution in [0.3, 0.4) is 0 Å². The summed E-state index contributed by atoms with van der Waals surface area (Å²) < 4.78 is 14.0. The largest absolute Gasteiger partial charge is 0.496 e. The van der Waals surface area contributed by atoms with E-state index in [9.17, 15) is 9.59 Å². The zero-order chi connectivity index (χ0) is 25.3. The molecule has 4 rings (SSSR count). The molecule has 2 aromatic carbocycles. The number of ether oxygens (including phenoxy) is 2. The van der Waals surface area contributed by atoms with Crippen LogP contribution in [0.15, 0.2) is 72.9 Å². The van der Waals surface area contributed by atoms with Gasteiger partial charge in [-0.05, 0) is 69.0 Å². The number of esters is 1. The van der Waals surface area contributed by atoms with Crippen molar-refractivity contribution in [3.8, 4) is 5.75 Å². The second kappa shape index (κ2) is 10.6. The number of thioether (sulfide) groups is 1. The summed E-state index contributed by atoms with van der Waals surface area (Å²) in [6.45, 7) is 5.39. The number of carbonyl (C=O) groups is 1. The van der Waals surface area contributed by atoms with Gasteiger partial charge in [-0.3, -0.25) is 9.36 Å². The van der Waals surface area contributed by atoms with Gasteiger partial charge in [0.25, 0.3) is 5.56 Å². The van der Waals surface area contributed by atoms with Gasteiger partial charge in [-0.2, -0.15) is 0 Å². The molecule has 0 spiro atoms. The molecule has 0 fully saturated rings. The Bertz CT molecular complexity index is 1490. The van der Waals surface area contributed by atoms with E-state index in [4.69, 9.17) is 9.47 Å². The average molecular weight is 574 g/mol. The minimum Gasteiger partial charge on any atom is -0.496 e. The highest BCUT2D eigenvalue weighted by atomic mass is 79.9. The molecule has 0 radical (unpaired) electrons. The third-order valence-corrected chi connectivity index (χ3v) is 7.71. The number of benzene rings is 2. The Hall–Kier alpha value is -2.62. The van der Waals surface area contributed by atoms with E-state index >= 15 is 0 Å². The first kappa shape index (κ1) is 25.5. The maximum absolute atomic E-state index is 13.8. The number of thiazole rings is 1. The van der Waals surface area contributed by atoms with Crippen LogP contribution in [0.25, 0.3) is 6.08 Å². The minimum atomic E-state index is -0.639. The van der Waals surface area contributed by atoms with Gasteiger partial charge in [-0.15, -0.1) is 11.8 Å². The number of hydrogen-bond acceptors (Lipinski definition) is 7. The molecular weight excluding hydrogens is 548 g/mol. The Morgan fingerprint density at radius 1 is 1.23 bits per heavy atom. The lowest BCUT2D eigenvalue weighted by atomic mass is 9.96. The van der Waals surface area contributed by atoms with Crippen LogP contribution in [0, 0.1) is 0 Å². The van der Waals surface area contributed by atoms with Crippen molar-refractivity contribution < 1.29 is 14.3 Å². The number of aromatic nitrogens is 1. The van der Waals surface area contributed by atoms with E-state index < -0.39 is 12.0 Å². The predicted octanol–water partition coefficient (Wildman–Crippen LogP) is 4.68. The van der Waals surface area contributed by atoms with E-state index in [1.165, 1.54) is 11.3 Å². The lowest BCUT2D eigenvalue weighted by Crippen LogP contribution is -2.40. The fraction of sp³-hybridized carbons (Fsp3) is 0.269. The molecule has 2 heterocycles. The van der Waals surface area contributed by atoms with Gasteiger partial charge in [0.15, 0.2) is 4.80 Å². The Kier molecular flexibility index (Phi) is 7.68. The summed E-state index contributed by atoms with van der Waals surface area (Å²) in [6.07, 6.45) is 3.51. The number of rotatable bonds is 6. The molecule has 1 aromatic heterocycles. The number of methoxy groups -OCH3 is 1. The van der Waals surface area contributed by atoms with Gasteiger partial charge in [0.1, 0.15) is 5.75 Å². The number of hydrogen-bond donors (Lipinski definition) is 0. The van der Waals surface area contributed by atoms with Gasteiger partial charge >= 0.3 is 5.97 Å². The lowest BCUT2D eigenvalue weighted by molar-refractivity contribution is -0.143. The number of halogens is 1. The molecule has 182 valence electrons. The first-order valence-electron chi connectivity index (χ1n) is 10.9. The highest BCUT2D eigenvalue weighted by molar-refractivity contribution is 9.10. The van der Waals surface area contributed by atoms with Gasteiger partial charge < -0.3 is 9.47 Å². The molecule has 0 bridgehead atoms. The standard InChI is InChI=1S/C26H25BrN2O4S2/c1-14(2)33-25(31)22-15(3)28-26-29(23(22)16-6-9-19(34-5)10-7-16)24(30)21(35-26)13-17-12-18(27)8-11-20(17)32-4/h6-14,23H,1-5H3/b21-13-/t23-/m1/s1. The normalized spacial score (nSPS) is 15.7. The summed E-state index contributed by atoms with van der Waals surface area (Å²) in [4.78, 5) is 33.2. The second-order valence-corrected chi connectivity index (χ2v) is 11.0. The SMILES string of the molecule is COc1ccc(Br)cc1/C=c1\sc2n(c1=O)[C@H](c1ccc(SC)cc1)C(C(=O)OC(C)C)=C(C)N=2. The van der Waals surface area contributed by atoms with Gasteiger partial charge in [0.05, 0.1) is 35.1 Å². The van der Waals surface area contributed by atoms with Crippen LogP contribution in [0.5, 0.6) is 5.75 Å². The lowest BCUT2D eigenvalue weighted by Gasteiger charge is -2.25. The Balaban J connectivity index is 1.95. The summed E-state index contributed by atoms with van der Waals surface area (Å²) in [6, 6.07) is 12.9. The van der Waals surface area contributed by atoms with E-state index in [1.807, 2.05) is 48.7 Å². The molecule has 0 aliphatic carbocycles. The molecular formula is C26H25BrN2O4S2. The summed E-state index contributed by atoms with van der Waals surface area (Å²) in [5, 5.41) is 0. The molecule has 9 heteroatoms. The first-order valence-corrected chi connectivity index (χ1v) is 13.8. The smallest absolute Gasteiger partial charge is 0.338 e. The molecule has 1 aliphatic rings. The van der Waals surface area contributed by atoms with E-state index in [0.29, 0.717) is 26.4 Å². The molecule has 1 aliphatic heterocycles. The quantitative estimate of drug-likeness (QED) is 0.317. The number of nitrogens with zero attached hydrogens (tertiary/aromatic N) is 2. The van der Waals surface area contributed by atoms with E-state index in [0.717, 1.165) is 20.5 Å². The van der Waals surface area contributed by atoms with Crippen LogP contribution in [0.2, 0.25) is 0 Å². The van der Waals surface area contributed by atoms with E-state index in [1.54, 1.807) is 50.3 Å². The Labute approximate surface area is 220 Å². The topological polar surface area (TPSA) is 69.9 Å². The van der Waals surface area contributed by atoms with Crippen LogP contribution in [-0.2, 0) is 9.53 Å². The van der Waals surface area contributed by atoms with Crippen LogP contribution >= 0.6 is 39.0 Å². The maximum Gasteiger partial charge on any atom is 0.338 e. The van der Waals surface area contributed by atoms with Gasteiger partial charge in [-0.25, -0.2) is 9.79 Å². The first-order chi connectivity index (χ1) is 16.7. The zero-order valence-electron chi connectivity index (χ0n) is 20.0. The van der Waals surface area contributed by atoms with Crippen LogP contribution in [-0.4, -0.2) is 30.0 Å². The second-order valence-electron chi connectivity index (χ2n) is 8.20. The van der Waals surface area contributed by atoms with Crippen LogP contribution in [0.1, 0.15) is 37.9 Å². The molecule has 35 heavy (non-hydrogen) atoms. The van der Waals surface area contributed by atoms with Crippen molar-refractivity contribution in [2.45, 2.75) is 37.8 Å². The van der Waals surface area contributed by atoms with E-state index in [2.05, 4.69) is 20.9 Å². The van der Waals surface area contributed by atoms with Crippen molar-refractivity contribution >= 4 is 51.1 Å². The number of fused-ring (bicyclic) bond motifs is 1. The molecule has 3 aromatic rings. The third-order valence-electron chi connectivity index (χ3n) is 5.49. The molecule has 6 nitrogen and oxygen atoms in total. The fourth-order valence-corrected chi connectivity index (χ4v) is 5.75. The van der Waals surface area contributed by atoms with Crippen molar-refractivity contribution in [2.24, 2.45) is 4.99 Å². The average Bonchev–Trinajstić information content (AvgIpc) is 3.12. The zero-order valence-corrected chi connectivity index (χ0v) is 23.2. The van der Waals surface area contributed by atoms with Gasteiger partial charge in [0.2, 0.25) is 0 Å². The highest BCUT2D eigenvalue weighted by Crippen LogP contribution is 2.32. The minimum absolute atomic E-state index is 0.225. The molecule has 0 unspecified atom stereocenters. The summed E-state index contributed by atoms with van der Waals surface area (Å²) >= 11 is 6.40. The fourth-order valence-electron chi connectivity index (χ4n) is 3.92. The molecule has 1 atom stereocenters. The monoisotopic (exact) mass is 572 g/mol. The summed E-state index contributed by atoms with van der Waals surface area (Å²) in [5.74, 6) is 0.184. The summed E-state index contributed by atoms with van der Waals surface area (Å²) in [5.41, 5.74) is 2.28. The van der Waals surface area contributed by atoms with Crippen molar-refractivity contribution in [3.63, 3.8) is 0 Å². The Morgan fingerprint density at radius 2 is 1.94 bits per heavy atom. The molecule has 0 saturated heterocycles. The predicted molar refractivity (Wildman–Crippen MR) is 144 cm³/mol. The van der Waals surface area contributed by atoms with Gasteiger partial charge in [-0.1, -0.05) is 39.4 Å². The maximum atomic E-state index is 13.8.